The second-order valence-corrected chi connectivity index (χ2v) is 5.70. The lowest BCUT2D eigenvalue weighted by Crippen LogP contribution is -2.20. The highest BCUT2D eigenvalue weighted by atomic mass is 35.5. The Kier molecular flexibility index (Phi) is 6.91. The van der Waals surface area contributed by atoms with E-state index in [2.05, 4.69) is 5.32 Å². The highest BCUT2D eigenvalue weighted by Crippen LogP contribution is 2.37. The number of benzene rings is 2. The van der Waals surface area contributed by atoms with Gasteiger partial charge >= 0.3 is 0 Å². The van der Waals surface area contributed by atoms with Crippen molar-refractivity contribution in [3.05, 3.63) is 46.7 Å². The summed E-state index contributed by atoms with van der Waals surface area (Å²) in [5.74, 6) is 0.0495. The lowest BCUT2D eigenvalue weighted by Gasteiger charge is -2.15. The molecule has 0 spiro atoms. The molecule has 0 unspecified atom stereocenters. The van der Waals surface area contributed by atoms with Gasteiger partial charge in [0, 0.05) is 12.6 Å². The van der Waals surface area contributed by atoms with Gasteiger partial charge in [0.1, 0.15) is 11.6 Å². The van der Waals surface area contributed by atoms with Crippen molar-refractivity contribution in [2.75, 3.05) is 25.6 Å². The summed E-state index contributed by atoms with van der Waals surface area (Å²) in [6, 6.07) is 7.67. The lowest BCUT2D eigenvalue weighted by molar-refractivity contribution is -0.119. The molecule has 0 aromatic heterocycles. The molecule has 0 aliphatic rings. The largest absolute Gasteiger partial charge is 0.493 e. The van der Waals surface area contributed by atoms with E-state index in [1.54, 1.807) is 18.2 Å². The third kappa shape index (κ3) is 5.16. The number of rotatable bonds is 9. The van der Waals surface area contributed by atoms with E-state index in [1.807, 2.05) is 6.92 Å². The number of methoxy groups -OCH3 is 1. The zero-order chi connectivity index (χ0) is 19.1. The van der Waals surface area contributed by atoms with Gasteiger partial charge in [-0.3, -0.25) is 4.79 Å². The number of nitrogens with one attached hydrogen (secondary N) is 1. The molecular formula is C18H20ClFN2O4. The van der Waals surface area contributed by atoms with Crippen molar-refractivity contribution in [2.24, 2.45) is 5.73 Å². The smallest absolute Gasteiger partial charge is 0.255 e. The van der Waals surface area contributed by atoms with Crippen LogP contribution in [0.15, 0.2) is 30.3 Å². The molecule has 0 fully saturated rings. The molecule has 2 rings (SSSR count). The number of amides is 1. The first-order valence-electron chi connectivity index (χ1n) is 7.88. The van der Waals surface area contributed by atoms with Crippen molar-refractivity contribution >= 4 is 23.2 Å². The summed E-state index contributed by atoms with van der Waals surface area (Å²) in [6.45, 7) is 2.33. The molecule has 0 aliphatic heterocycles. The molecule has 26 heavy (non-hydrogen) atoms. The molecule has 0 aliphatic carbocycles. The van der Waals surface area contributed by atoms with E-state index in [0.717, 1.165) is 5.56 Å². The normalized spacial score (nSPS) is 10.3. The third-order valence-electron chi connectivity index (χ3n) is 3.37. The fourth-order valence-electron chi connectivity index (χ4n) is 2.27. The Bertz CT molecular complexity index is 786. The van der Waals surface area contributed by atoms with Gasteiger partial charge in [-0.15, -0.1) is 0 Å². The summed E-state index contributed by atoms with van der Waals surface area (Å²) in [6.07, 6.45) is 0. The molecule has 1 amide bonds. The van der Waals surface area contributed by atoms with Gasteiger partial charge in [0.15, 0.2) is 18.1 Å². The van der Waals surface area contributed by atoms with Crippen LogP contribution in [0, 0.1) is 5.82 Å². The zero-order valence-electron chi connectivity index (χ0n) is 14.5. The molecule has 2 aromatic carbocycles. The summed E-state index contributed by atoms with van der Waals surface area (Å²) < 4.78 is 29.4. The molecule has 0 heterocycles. The first-order chi connectivity index (χ1) is 12.4. The molecule has 0 saturated heterocycles. The van der Waals surface area contributed by atoms with E-state index in [9.17, 15) is 9.18 Å². The van der Waals surface area contributed by atoms with Crippen LogP contribution in [0.2, 0.25) is 5.02 Å². The maximum atomic E-state index is 13.4. The van der Waals surface area contributed by atoms with Gasteiger partial charge in [-0.25, -0.2) is 4.39 Å². The maximum absolute atomic E-state index is 13.4. The van der Waals surface area contributed by atoms with E-state index >= 15 is 0 Å². The Morgan fingerprint density at radius 1 is 1.23 bits per heavy atom. The number of carbonyl (C=O) groups excluding carboxylic acids is 1. The van der Waals surface area contributed by atoms with Crippen LogP contribution < -0.4 is 25.3 Å². The number of halogens is 2. The number of nitrogens with two attached hydrogens (primary N) is 1. The molecular weight excluding hydrogens is 363 g/mol. The van der Waals surface area contributed by atoms with E-state index in [4.69, 9.17) is 31.5 Å². The van der Waals surface area contributed by atoms with Crippen LogP contribution in [0.1, 0.15) is 12.5 Å². The molecule has 0 saturated carbocycles. The van der Waals surface area contributed by atoms with Crippen LogP contribution in [0.5, 0.6) is 17.2 Å². The van der Waals surface area contributed by atoms with Gasteiger partial charge in [0.25, 0.3) is 5.91 Å². The molecule has 0 bridgehead atoms. The van der Waals surface area contributed by atoms with E-state index in [1.165, 1.54) is 19.2 Å². The van der Waals surface area contributed by atoms with E-state index < -0.39 is 5.91 Å². The fraction of sp³-hybridized carbons (Fsp3) is 0.278. The lowest BCUT2D eigenvalue weighted by atomic mass is 10.2. The molecule has 8 heteroatoms. The zero-order valence-corrected chi connectivity index (χ0v) is 15.2. The molecule has 0 atom stereocenters. The Morgan fingerprint density at radius 3 is 2.65 bits per heavy atom. The highest BCUT2D eigenvalue weighted by molar-refractivity contribution is 6.32. The van der Waals surface area contributed by atoms with E-state index in [-0.39, 0.29) is 23.2 Å². The second-order valence-electron chi connectivity index (χ2n) is 5.29. The highest BCUT2D eigenvalue weighted by Gasteiger charge is 2.14. The average Bonchev–Trinajstić information content (AvgIpc) is 2.59. The third-order valence-corrected chi connectivity index (χ3v) is 3.66. The second kappa shape index (κ2) is 9.15. The predicted octanol–water partition coefficient (Wildman–Crippen LogP) is 3.36. The first kappa shape index (κ1) is 19.7. The minimum Gasteiger partial charge on any atom is -0.493 e. The molecule has 3 N–H and O–H groups in total. The summed E-state index contributed by atoms with van der Waals surface area (Å²) in [4.78, 5) is 10.9. The van der Waals surface area contributed by atoms with Crippen LogP contribution in [0.25, 0.3) is 0 Å². The van der Waals surface area contributed by atoms with Gasteiger partial charge in [-0.05, 0) is 36.8 Å². The molecule has 0 radical (unpaired) electrons. The Morgan fingerprint density at radius 2 is 2.00 bits per heavy atom. The molecule has 2 aromatic rings. The van der Waals surface area contributed by atoms with Crippen LogP contribution in [0.4, 0.5) is 10.1 Å². The average molecular weight is 383 g/mol. The van der Waals surface area contributed by atoms with Crippen LogP contribution in [-0.2, 0) is 11.3 Å². The van der Waals surface area contributed by atoms with Crippen molar-refractivity contribution < 1.29 is 23.4 Å². The number of carbonyl (C=O) groups is 1. The molecule has 140 valence electrons. The number of anilines is 1. The van der Waals surface area contributed by atoms with Crippen LogP contribution in [-0.4, -0.2) is 26.2 Å². The quantitative estimate of drug-likeness (QED) is 0.694. The Labute approximate surface area is 156 Å². The number of hydrogen-bond donors (Lipinski definition) is 2. The first-order valence-corrected chi connectivity index (χ1v) is 8.26. The van der Waals surface area contributed by atoms with Gasteiger partial charge in [-0.1, -0.05) is 11.6 Å². The number of ether oxygens (including phenoxy) is 3. The van der Waals surface area contributed by atoms with Gasteiger partial charge < -0.3 is 25.3 Å². The molecule has 6 nitrogen and oxygen atoms in total. The predicted molar refractivity (Wildman–Crippen MR) is 97.6 cm³/mol. The minimum atomic E-state index is -0.617. The SMILES string of the molecule is CCOc1cc(F)ccc1NCc1cc(Cl)c(OCC(N)=O)c(OC)c1. The van der Waals surface area contributed by atoms with Crippen molar-refractivity contribution in [1.29, 1.82) is 0 Å². The summed E-state index contributed by atoms with van der Waals surface area (Å²) >= 11 is 6.22. The monoisotopic (exact) mass is 382 g/mol. The standard InChI is InChI=1S/C18H20ClFN2O4/c1-3-25-15-8-12(20)4-5-14(15)22-9-11-6-13(19)18(16(7-11)24-2)26-10-17(21)23/h4-8,22H,3,9-10H2,1-2H3,(H2,21,23). The van der Waals surface area contributed by atoms with Gasteiger partial charge in [-0.2, -0.15) is 0 Å². The Balaban J connectivity index is 2.17. The summed E-state index contributed by atoms with van der Waals surface area (Å²) in [7, 11) is 1.47. The summed E-state index contributed by atoms with van der Waals surface area (Å²) in [5.41, 5.74) is 6.52. The number of hydrogen-bond acceptors (Lipinski definition) is 5. The maximum Gasteiger partial charge on any atom is 0.255 e. The number of primary amides is 1. The van der Waals surface area contributed by atoms with Crippen molar-refractivity contribution in [3.8, 4) is 17.2 Å². The van der Waals surface area contributed by atoms with Crippen molar-refractivity contribution in [1.82, 2.24) is 0 Å². The van der Waals surface area contributed by atoms with Crippen molar-refractivity contribution in [2.45, 2.75) is 13.5 Å². The minimum absolute atomic E-state index is 0.244. The van der Waals surface area contributed by atoms with E-state index in [0.29, 0.717) is 30.3 Å². The topological polar surface area (TPSA) is 82.8 Å². The van der Waals surface area contributed by atoms with Gasteiger partial charge in [0.2, 0.25) is 0 Å². The Hall–Kier alpha value is -2.67. The van der Waals surface area contributed by atoms with Crippen LogP contribution >= 0.6 is 11.6 Å². The fourth-order valence-corrected chi connectivity index (χ4v) is 2.56. The summed E-state index contributed by atoms with van der Waals surface area (Å²) in [5, 5.41) is 3.45. The van der Waals surface area contributed by atoms with Crippen LogP contribution in [0.3, 0.4) is 0 Å². The van der Waals surface area contributed by atoms with Crippen molar-refractivity contribution in [3.63, 3.8) is 0 Å². The van der Waals surface area contributed by atoms with Gasteiger partial charge in [0.05, 0.1) is 24.4 Å².